The normalized spacial score (nSPS) is 12.8. The summed E-state index contributed by atoms with van der Waals surface area (Å²) in [6.07, 6.45) is 88.3. The van der Waals surface area contributed by atoms with Gasteiger partial charge in [0.15, 0.2) is 6.10 Å². The van der Waals surface area contributed by atoms with Gasteiger partial charge in [-0.15, -0.1) is 0 Å². The molecule has 0 rings (SSSR count). The van der Waals surface area contributed by atoms with Crippen LogP contribution in [0.15, 0.2) is 109 Å². The molecule has 0 N–H and O–H groups in total. The summed E-state index contributed by atoms with van der Waals surface area (Å²) in [5.74, 6) is -0.906. The minimum absolute atomic E-state index is 0.0859. The molecule has 1 atom stereocenters. The van der Waals surface area contributed by atoms with Crippen molar-refractivity contribution in [2.24, 2.45) is 0 Å². The van der Waals surface area contributed by atoms with Crippen molar-refractivity contribution in [1.82, 2.24) is 0 Å². The van der Waals surface area contributed by atoms with E-state index in [4.69, 9.17) is 14.2 Å². The van der Waals surface area contributed by atoms with Gasteiger partial charge in [-0.05, 0) is 116 Å². The van der Waals surface area contributed by atoms with Crippen LogP contribution in [0.25, 0.3) is 0 Å². The Hall–Kier alpha value is -3.93. The van der Waals surface area contributed by atoms with Gasteiger partial charge in [0.25, 0.3) is 0 Å². The van der Waals surface area contributed by atoms with E-state index in [1.807, 2.05) is 0 Å². The van der Waals surface area contributed by atoms with Gasteiger partial charge in [0.1, 0.15) is 13.2 Å². The molecule has 6 nitrogen and oxygen atoms in total. The summed E-state index contributed by atoms with van der Waals surface area (Å²) >= 11 is 0. The van der Waals surface area contributed by atoms with E-state index in [1.54, 1.807) is 0 Å². The third kappa shape index (κ3) is 62.8. The van der Waals surface area contributed by atoms with Gasteiger partial charge >= 0.3 is 17.9 Å². The van der Waals surface area contributed by atoms with Crippen LogP contribution in [-0.4, -0.2) is 37.2 Å². The number of carbonyl (C=O) groups is 3. The number of esters is 3. The second kappa shape index (κ2) is 64.6. The predicted octanol–water partition coefficient (Wildman–Crippen LogP) is 22.2. The maximum absolute atomic E-state index is 12.9. The Morgan fingerprint density at radius 1 is 0.273 bits per heavy atom. The SMILES string of the molecule is CC/C=C\C/C=C\C/C=C\C/C=C\C/C=C\CCCCCCCCCCCCCCCCCCCC(=O)OCC(COC(=O)CCCCCCC/C=C\CCCC)OC(=O)CCCCCCC/C=C\C/C=C\C/C=C\CC. The van der Waals surface area contributed by atoms with E-state index in [1.165, 1.54) is 128 Å². The average molecular weight is 1070 g/mol. The predicted molar refractivity (Wildman–Crippen MR) is 334 cm³/mol. The Balaban J connectivity index is 4.13. The summed E-state index contributed by atoms with van der Waals surface area (Å²) in [5, 5.41) is 0. The topological polar surface area (TPSA) is 78.9 Å². The molecule has 0 spiro atoms. The smallest absolute Gasteiger partial charge is 0.306 e. The molecule has 77 heavy (non-hydrogen) atoms. The zero-order valence-corrected chi connectivity index (χ0v) is 50.4. The highest BCUT2D eigenvalue weighted by molar-refractivity contribution is 5.71. The fourth-order valence-corrected chi connectivity index (χ4v) is 8.94. The molecule has 0 fully saturated rings. The summed E-state index contributed by atoms with van der Waals surface area (Å²) in [5.41, 5.74) is 0. The van der Waals surface area contributed by atoms with E-state index in [0.717, 1.165) is 135 Å². The lowest BCUT2D eigenvalue weighted by molar-refractivity contribution is -0.167. The van der Waals surface area contributed by atoms with Crippen LogP contribution >= 0.6 is 0 Å². The van der Waals surface area contributed by atoms with Crippen LogP contribution in [0.2, 0.25) is 0 Å². The lowest BCUT2D eigenvalue weighted by atomic mass is 10.0. The number of unbranched alkanes of at least 4 members (excludes halogenated alkanes) is 29. The van der Waals surface area contributed by atoms with Gasteiger partial charge in [-0.1, -0.05) is 278 Å². The molecule has 0 saturated heterocycles. The molecular formula is C71H120O6. The first-order valence-electron chi connectivity index (χ1n) is 32.4. The Labute approximate surface area is 476 Å². The standard InChI is InChI=1S/C71H120O6/c1-4-7-10-13-16-19-22-24-26-27-28-29-30-31-32-33-34-35-36-37-38-39-40-41-42-43-45-46-49-52-55-58-61-64-70(73)76-67-68(66-75-69(72)63-60-57-54-51-48-21-18-15-12-9-6-3)77-71(74)65-62-59-56-53-50-47-44-25-23-20-17-14-11-8-5-2/h7-8,10-11,15-20,24-26,28-29,31-32,44,68H,4-6,9,12-14,21-23,27,30,33-43,45-67H2,1-3H3/b10-7-,11-8-,18-15-,19-16-,20-17-,26-24-,29-28-,32-31-,44-25-. The Morgan fingerprint density at radius 3 is 0.805 bits per heavy atom. The summed E-state index contributed by atoms with van der Waals surface area (Å²) < 4.78 is 16.9. The molecule has 0 aromatic carbocycles. The summed E-state index contributed by atoms with van der Waals surface area (Å²) in [7, 11) is 0. The Morgan fingerprint density at radius 2 is 0.506 bits per heavy atom. The van der Waals surface area contributed by atoms with Gasteiger partial charge < -0.3 is 14.2 Å². The van der Waals surface area contributed by atoms with Gasteiger partial charge in [0, 0.05) is 19.3 Å². The van der Waals surface area contributed by atoms with E-state index >= 15 is 0 Å². The van der Waals surface area contributed by atoms with Crippen LogP contribution in [0, 0.1) is 0 Å². The molecule has 0 amide bonds. The van der Waals surface area contributed by atoms with E-state index in [-0.39, 0.29) is 31.1 Å². The Bertz CT molecular complexity index is 1560. The van der Waals surface area contributed by atoms with Gasteiger partial charge in [-0.2, -0.15) is 0 Å². The van der Waals surface area contributed by atoms with Crippen LogP contribution < -0.4 is 0 Å². The summed E-state index contributed by atoms with van der Waals surface area (Å²) in [4.78, 5) is 38.2. The molecule has 6 heteroatoms. The van der Waals surface area contributed by atoms with E-state index in [0.29, 0.717) is 19.3 Å². The number of rotatable bonds is 58. The first kappa shape index (κ1) is 73.1. The number of allylic oxidation sites excluding steroid dienone is 18. The van der Waals surface area contributed by atoms with Crippen LogP contribution in [0.4, 0.5) is 0 Å². The van der Waals surface area contributed by atoms with E-state index < -0.39 is 6.10 Å². The molecule has 0 aromatic heterocycles. The molecule has 0 heterocycles. The van der Waals surface area contributed by atoms with Gasteiger partial charge in [-0.3, -0.25) is 14.4 Å². The van der Waals surface area contributed by atoms with Gasteiger partial charge in [-0.25, -0.2) is 0 Å². The summed E-state index contributed by atoms with van der Waals surface area (Å²) in [6, 6.07) is 0. The molecule has 1 unspecified atom stereocenters. The highest BCUT2D eigenvalue weighted by atomic mass is 16.6. The largest absolute Gasteiger partial charge is 0.462 e. The first-order valence-corrected chi connectivity index (χ1v) is 32.4. The van der Waals surface area contributed by atoms with E-state index in [2.05, 4.69) is 130 Å². The van der Waals surface area contributed by atoms with Gasteiger partial charge in [0.2, 0.25) is 0 Å². The van der Waals surface area contributed by atoms with Crippen molar-refractivity contribution in [3.63, 3.8) is 0 Å². The number of ether oxygens (including phenoxy) is 3. The number of hydrogen-bond donors (Lipinski definition) is 0. The first-order chi connectivity index (χ1) is 38.0. The summed E-state index contributed by atoms with van der Waals surface area (Å²) in [6.45, 7) is 6.37. The zero-order valence-electron chi connectivity index (χ0n) is 50.4. The van der Waals surface area contributed by atoms with Crippen LogP contribution in [-0.2, 0) is 28.6 Å². The molecule has 0 aliphatic rings. The highest BCUT2D eigenvalue weighted by Crippen LogP contribution is 2.16. The maximum atomic E-state index is 12.9. The second-order valence-corrected chi connectivity index (χ2v) is 21.3. The van der Waals surface area contributed by atoms with Crippen molar-refractivity contribution in [3.05, 3.63) is 109 Å². The highest BCUT2D eigenvalue weighted by Gasteiger charge is 2.19. The molecule has 0 aromatic rings. The lowest BCUT2D eigenvalue weighted by Gasteiger charge is -2.18. The average Bonchev–Trinajstić information content (AvgIpc) is 3.43. The van der Waals surface area contributed by atoms with Crippen LogP contribution in [0.5, 0.6) is 0 Å². The van der Waals surface area contributed by atoms with Crippen LogP contribution in [0.3, 0.4) is 0 Å². The lowest BCUT2D eigenvalue weighted by Crippen LogP contribution is -2.30. The fourth-order valence-electron chi connectivity index (χ4n) is 8.94. The van der Waals surface area contributed by atoms with Crippen molar-refractivity contribution in [2.75, 3.05) is 13.2 Å². The molecule has 0 radical (unpaired) electrons. The minimum atomic E-state index is -0.790. The fraction of sp³-hybridized carbons (Fsp3) is 0.704. The molecule has 0 aliphatic heterocycles. The quantitative estimate of drug-likeness (QED) is 0.0261. The monoisotopic (exact) mass is 1070 g/mol. The van der Waals surface area contributed by atoms with Crippen molar-refractivity contribution in [2.45, 2.75) is 309 Å². The number of carbonyl (C=O) groups excluding carboxylic acids is 3. The van der Waals surface area contributed by atoms with E-state index in [9.17, 15) is 14.4 Å². The second-order valence-electron chi connectivity index (χ2n) is 21.3. The molecule has 0 bridgehead atoms. The molecule has 440 valence electrons. The third-order valence-corrected chi connectivity index (χ3v) is 13.7. The Kier molecular flexibility index (Phi) is 61.3. The van der Waals surface area contributed by atoms with Crippen molar-refractivity contribution >= 4 is 17.9 Å². The van der Waals surface area contributed by atoms with Crippen LogP contribution in [0.1, 0.15) is 303 Å². The minimum Gasteiger partial charge on any atom is -0.462 e. The maximum Gasteiger partial charge on any atom is 0.306 e. The van der Waals surface area contributed by atoms with Gasteiger partial charge in [0.05, 0.1) is 0 Å². The third-order valence-electron chi connectivity index (χ3n) is 13.7. The van der Waals surface area contributed by atoms with Crippen molar-refractivity contribution in [3.8, 4) is 0 Å². The number of hydrogen-bond acceptors (Lipinski definition) is 6. The molecule has 0 saturated carbocycles. The van der Waals surface area contributed by atoms with Crippen molar-refractivity contribution in [1.29, 1.82) is 0 Å². The molecule has 0 aliphatic carbocycles. The molecular weight excluding hydrogens is 949 g/mol. The zero-order chi connectivity index (χ0) is 55.7. The van der Waals surface area contributed by atoms with Crippen molar-refractivity contribution < 1.29 is 28.6 Å².